The molecule has 15 heavy (non-hydrogen) atoms. The van der Waals surface area contributed by atoms with Gasteiger partial charge in [0.2, 0.25) is 0 Å². The summed E-state index contributed by atoms with van der Waals surface area (Å²) in [5, 5.41) is 12.4. The van der Waals surface area contributed by atoms with E-state index in [-0.39, 0.29) is 0 Å². The van der Waals surface area contributed by atoms with Crippen LogP contribution in [0.3, 0.4) is 0 Å². The molecule has 0 aliphatic carbocycles. The minimum atomic E-state index is 0.870. The van der Waals surface area contributed by atoms with Crippen molar-refractivity contribution in [1.82, 2.24) is 24.5 Å². The van der Waals surface area contributed by atoms with Crippen molar-refractivity contribution in [2.75, 3.05) is 0 Å². The van der Waals surface area contributed by atoms with E-state index in [9.17, 15) is 0 Å². The van der Waals surface area contributed by atoms with E-state index in [1.807, 2.05) is 16.3 Å². The van der Waals surface area contributed by atoms with Gasteiger partial charge in [0.1, 0.15) is 12.0 Å². The molecule has 5 heteroatoms. The Hall–Kier alpha value is -1.65. The zero-order valence-corrected chi connectivity index (χ0v) is 9.30. The summed E-state index contributed by atoms with van der Waals surface area (Å²) in [7, 11) is 1.93. The SMILES string of the molecule is CCc1cc(-c2nncn2CC)n(C)n1. The molecular weight excluding hydrogens is 190 g/mol. The second kappa shape index (κ2) is 3.84. The maximum Gasteiger partial charge on any atom is 0.182 e. The maximum absolute atomic E-state index is 4.40. The molecule has 0 aliphatic rings. The molecule has 0 atom stereocenters. The number of hydrogen-bond acceptors (Lipinski definition) is 3. The minimum absolute atomic E-state index is 0.870. The van der Waals surface area contributed by atoms with Crippen LogP contribution in [0.5, 0.6) is 0 Å². The summed E-state index contributed by atoms with van der Waals surface area (Å²) >= 11 is 0. The molecule has 0 amide bonds. The van der Waals surface area contributed by atoms with E-state index < -0.39 is 0 Å². The Morgan fingerprint density at radius 2 is 2.13 bits per heavy atom. The summed E-state index contributed by atoms with van der Waals surface area (Å²) in [6.45, 7) is 5.04. The number of rotatable bonds is 3. The van der Waals surface area contributed by atoms with Crippen LogP contribution >= 0.6 is 0 Å². The topological polar surface area (TPSA) is 48.5 Å². The number of hydrogen-bond donors (Lipinski definition) is 0. The fourth-order valence-electron chi connectivity index (χ4n) is 1.59. The van der Waals surface area contributed by atoms with Crippen LogP contribution in [0.4, 0.5) is 0 Å². The van der Waals surface area contributed by atoms with Crippen molar-refractivity contribution in [3.63, 3.8) is 0 Å². The van der Waals surface area contributed by atoms with Gasteiger partial charge in [-0.3, -0.25) is 4.68 Å². The highest BCUT2D eigenvalue weighted by Gasteiger charge is 2.11. The molecule has 0 saturated carbocycles. The van der Waals surface area contributed by atoms with Crippen molar-refractivity contribution < 1.29 is 0 Å². The third-order valence-electron chi connectivity index (χ3n) is 2.48. The van der Waals surface area contributed by atoms with Crippen LogP contribution in [0.15, 0.2) is 12.4 Å². The smallest absolute Gasteiger partial charge is 0.182 e. The second-order valence-corrected chi connectivity index (χ2v) is 3.44. The van der Waals surface area contributed by atoms with Gasteiger partial charge in [-0.2, -0.15) is 5.10 Å². The van der Waals surface area contributed by atoms with Crippen molar-refractivity contribution in [2.45, 2.75) is 26.8 Å². The Labute approximate surface area is 88.7 Å². The molecule has 2 rings (SSSR count). The van der Waals surface area contributed by atoms with Crippen molar-refractivity contribution >= 4 is 0 Å². The Kier molecular flexibility index (Phi) is 2.53. The number of aryl methyl sites for hydroxylation is 3. The Balaban J connectivity index is 2.48. The lowest BCUT2D eigenvalue weighted by molar-refractivity contribution is 0.723. The molecule has 0 aliphatic heterocycles. The molecule has 0 fully saturated rings. The van der Waals surface area contributed by atoms with Gasteiger partial charge < -0.3 is 4.57 Å². The first-order valence-electron chi connectivity index (χ1n) is 5.17. The van der Waals surface area contributed by atoms with Crippen molar-refractivity contribution in [3.05, 3.63) is 18.1 Å². The van der Waals surface area contributed by atoms with E-state index in [2.05, 4.69) is 35.2 Å². The van der Waals surface area contributed by atoms with E-state index in [0.29, 0.717) is 0 Å². The van der Waals surface area contributed by atoms with Gasteiger partial charge in [-0.25, -0.2) is 0 Å². The third-order valence-corrected chi connectivity index (χ3v) is 2.48. The summed E-state index contributed by atoms with van der Waals surface area (Å²) < 4.78 is 3.87. The van der Waals surface area contributed by atoms with Crippen LogP contribution in [-0.4, -0.2) is 24.5 Å². The molecule has 0 bridgehead atoms. The summed E-state index contributed by atoms with van der Waals surface area (Å²) in [5.41, 5.74) is 2.10. The van der Waals surface area contributed by atoms with E-state index in [1.165, 1.54) is 0 Å². The minimum Gasteiger partial charge on any atom is -0.313 e. The number of nitrogens with zero attached hydrogens (tertiary/aromatic N) is 5. The lowest BCUT2D eigenvalue weighted by atomic mass is 10.3. The van der Waals surface area contributed by atoms with E-state index in [1.54, 1.807) is 6.33 Å². The second-order valence-electron chi connectivity index (χ2n) is 3.44. The molecule has 0 N–H and O–H groups in total. The Morgan fingerprint density at radius 1 is 1.33 bits per heavy atom. The molecule has 2 heterocycles. The van der Waals surface area contributed by atoms with Crippen LogP contribution in [0.1, 0.15) is 19.5 Å². The summed E-state index contributed by atoms with van der Waals surface area (Å²) in [6.07, 6.45) is 2.68. The van der Waals surface area contributed by atoms with Gasteiger partial charge in [0, 0.05) is 13.6 Å². The Bertz CT molecular complexity index is 454. The predicted octanol–water partition coefficient (Wildman–Crippen LogP) is 1.26. The first-order chi connectivity index (χ1) is 7.26. The van der Waals surface area contributed by atoms with Gasteiger partial charge in [-0.05, 0) is 19.4 Å². The van der Waals surface area contributed by atoms with Gasteiger partial charge in [0.15, 0.2) is 5.82 Å². The van der Waals surface area contributed by atoms with Gasteiger partial charge >= 0.3 is 0 Å². The normalized spacial score (nSPS) is 10.9. The average molecular weight is 205 g/mol. The monoisotopic (exact) mass is 205 g/mol. The molecule has 2 aromatic heterocycles. The van der Waals surface area contributed by atoms with Gasteiger partial charge in [0.05, 0.1) is 5.69 Å². The highest BCUT2D eigenvalue weighted by Crippen LogP contribution is 2.17. The lowest BCUT2D eigenvalue weighted by Gasteiger charge is -2.02. The summed E-state index contributed by atoms with van der Waals surface area (Å²) in [4.78, 5) is 0. The van der Waals surface area contributed by atoms with Crippen molar-refractivity contribution in [3.8, 4) is 11.5 Å². The average Bonchev–Trinajstić information content (AvgIpc) is 2.82. The first-order valence-corrected chi connectivity index (χ1v) is 5.17. The van der Waals surface area contributed by atoms with Gasteiger partial charge in [-0.15, -0.1) is 10.2 Å². The fourth-order valence-corrected chi connectivity index (χ4v) is 1.59. The molecular formula is C10H15N5. The van der Waals surface area contributed by atoms with Crippen molar-refractivity contribution in [2.24, 2.45) is 7.05 Å². The molecule has 0 aromatic carbocycles. The molecule has 0 spiro atoms. The zero-order chi connectivity index (χ0) is 10.8. The highest BCUT2D eigenvalue weighted by molar-refractivity contribution is 5.50. The van der Waals surface area contributed by atoms with E-state index in [4.69, 9.17) is 0 Å². The van der Waals surface area contributed by atoms with Gasteiger partial charge in [0.25, 0.3) is 0 Å². The van der Waals surface area contributed by atoms with Crippen LogP contribution < -0.4 is 0 Å². The largest absolute Gasteiger partial charge is 0.313 e. The standard InChI is InChI=1S/C10H15N5/c1-4-8-6-9(14(3)13-8)10-12-11-7-15(10)5-2/h6-7H,4-5H2,1-3H3. The molecule has 80 valence electrons. The van der Waals surface area contributed by atoms with Crippen LogP contribution in [0.25, 0.3) is 11.5 Å². The molecule has 0 radical (unpaired) electrons. The number of aromatic nitrogens is 5. The van der Waals surface area contributed by atoms with Crippen LogP contribution in [-0.2, 0) is 20.0 Å². The molecule has 2 aromatic rings. The summed E-state index contributed by atoms with van der Waals surface area (Å²) in [5.74, 6) is 0.882. The van der Waals surface area contributed by atoms with Crippen LogP contribution in [0, 0.1) is 0 Å². The maximum atomic E-state index is 4.40. The van der Waals surface area contributed by atoms with E-state index in [0.717, 1.165) is 30.2 Å². The van der Waals surface area contributed by atoms with Gasteiger partial charge in [-0.1, -0.05) is 6.92 Å². The quantitative estimate of drug-likeness (QED) is 0.758. The predicted molar refractivity (Wildman–Crippen MR) is 57.3 cm³/mol. The molecule has 0 saturated heterocycles. The van der Waals surface area contributed by atoms with Crippen LogP contribution in [0.2, 0.25) is 0 Å². The first kappa shape index (κ1) is 9.89. The highest BCUT2D eigenvalue weighted by atomic mass is 15.3. The summed E-state index contributed by atoms with van der Waals surface area (Å²) in [6, 6.07) is 2.07. The fraction of sp³-hybridized carbons (Fsp3) is 0.500. The molecule has 5 nitrogen and oxygen atoms in total. The van der Waals surface area contributed by atoms with E-state index >= 15 is 0 Å². The Morgan fingerprint density at radius 3 is 2.73 bits per heavy atom. The molecule has 0 unspecified atom stereocenters. The lowest BCUT2D eigenvalue weighted by Crippen LogP contribution is -2.01. The van der Waals surface area contributed by atoms with Crippen molar-refractivity contribution in [1.29, 1.82) is 0 Å². The zero-order valence-electron chi connectivity index (χ0n) is 9.30. The third kappa shape index (κ3) is 1.65.